The second kappa shape index (κ2) is 5.70. The number of benzene rings is 1. The predicted molar refractivity (Wildman–Crippen MR) is 89.7 cm³/mol. The molecule has 1 aliphatic heterocycles. The van der Waals surface area contributed by atoms with Crippen molar-refractivity contribution in [3.8, 4) is 0 Å². The normalized spacial score (nSPS) is 17.2. The average Bonchev–Trinajstić information content (AvgIpc) is 3.17. The molecule has 0 saturated heterocycles. The number of carbonyl (C=O) groups excluding carboxylic acids is 1. The molecule has 4 rings (SSSR count). The van der Waals surface area contributed by atoms with Gasteiger partial charge in [-0.15, -0.1) is 0 Å². The Morgan fingerprint density at radius 2 is 2.04 bits per heavy atom. The van der Waals surface area contributed by atoms with Gasteiger partial charge in [0.25, 0.3) is 0 Å². The Morgan fingerprint density at radius 1 is 1.21 bits per heavy atom. The molecular weight excluding hydrogens is 306 g/mol. The molecule has 0 radical (unpaired) electrons. The summed E-state index contributed by atoms with van der Waals surface area (Å²) >= 11 is 0. The lowest BCUT2D eigenvalue weighted by Crippen LogP contribution is -2.41. The van der Waals surface area contributed by atoms with Gasteiger partial charge in [0.1, 0.15) is 0 Å². The van der Waals surface area contributed by atoms with Gasteiger partial charge >= 0.3 is 5.76 Å². The molecule has 2 aromatic heterocycles. The number of hydrogen-bond acceptors (Lipinski definition) is 3. The summed E-state index contributed by atoms with van der Waals surface area (Å²) in [7, 11) is 0. The van der Waals surface area contributed by atoms with Crippen LogP contribution in [0.15, 0.2) is 51.8 Å². The summed E-state index contributed by atoms with van der Waals surface area (Å²) in [5, 5.41) is 0. The third-order valence-electron chi connectivity index (χ3n) is 4.79. The van der Waals surface area contributed by atoms with Gasteiger partial charge in [-0.05, 0) is 31.2 Å². The first-order valence-electron chi connectivity index (χ1n) is 8.18. The molecule has 6 nitrogen and oxygen atoms in total. The van der Waals surface area contributed by atoms with E-state index in [2.05, 4.69) is 10.6 Å². The smallest absolute Gasteiger partial charge is 0.408 e. The summed E-state index contributed by atoms with van der Waals surface area (Å²) in [5.74, 6) is -0.350. The fourth-order valence-corrected chi connectivity index (χ4v) is 3.50. The van der Waals surface area contributed by atoms with Crippen molar-refractivity contribution in [2.75, 3.05) is 6.54 Å². The van der Waals surface area contributed by atoms with Crippen LogP contribution >= 0.6 is 0 Å². The molecule has 1 aromatic carbocycles. The van der Waals surface area contributed by atoms with Gasteiger partial charge in [0.2, 0.25) is 5.91 Å². The van der Waals surface area contributed by atoms with Gasteiger partial charge in [-0.2, -0.15) is 0 Å². The maximum Gasteiger partial charge on any atom is 0.419 e. The SMILES string of the molecule is C[C@H]1c2cccn2CCN1C(=O)CCn1c(=O)oc2ccccc21. The number of aryl methyl sites for hydroxylation is 1. The first-order chi connectivity index (χ1) is 11.6. The van der Waals surface area contributed by atoms with Gasteiger partial charge in [0, 0.05) is 37.9 Å². The van der Waals surface area contributed by atoms with E-state index in [1.165, 1.54) is 4.57 Å². The lowest BCUT2D eigenvalue weighted by Gasteiger charge is -2.35. The van der Waals surface area contributed by atoms with E-state index in [-0.39, 0.29) is 18.4 Å². The second-order valence-electron chi connectivity index (χ2n) is 6.13. The maximum atomic E-state index is 12.7. The molecule has 3 aromatic rings. The molecule has 1 amide bonds. The summed E-state index contributed by atoms with van der Waals surface area (Å²) in [6, 6.07) is 11.4. The van der Waals surface area contributed by atoms with Crippen LogP contribution in [0, 0.1) is 0 Å². The Hall–Kier alpha value is -2.76. The average molecular weight is 325 g/mol. The Kier molecular flexibility index (Phi) is 3.52. The van der Waals surface area contributed by atoms with Crippen molar-refractivity contribution in [1.29, 1.82) is 0 Å². The fraction of sp³-hybridized carbons (Fsp3) is 0.333. The largest absolute Gasteiger partial charge is 0.419 e. The van der Waals surface area contributed by atoms with E-state index in [4.69, 9.17) is 4.42 Å². The Bertz CT molecular complexity index is 950. The molecule has 124 valence electrons. The third kappa shape index (κ3) is 2.35. The van der Waals surface area contributed by atoms with Crippen LogP contribution in [0.3, 0.4) is 0 Å². The molecule has 1 atom stereocenters. The van der Waals surface area contributed by atoms with Gasteiger partial charge in [-0.3, -0.25) is 9.36 Å². The predicted octanol–water partition coefficient (Wildman–Crippen LogP) is 2.39. The number of para-hydroxylation sites is 2. The Morgan fingerprint density at radius 3 is 2.92 bits per heavy atom. The van der Waals surface area contributed by atoms with E-state index in [0.29, 0.717) is 18.7 Å². The quantitative estimate of drug-likeness (QED) is 0.743. The molecule has 0 N–H and O–H groups in total. The Balaban J connectivity index is 1.51. The van der Waals surface area contributed by atoms with Crippen LogP contribution in [0.5, 0.6) is 0 Å². The summed E-state index contributed by atoms with van der Waals surface area (Å²) < 4.78 is 8.93. The van der Waals surface area contributed by atoms with Gasteiger partial charge < -0.3 is 13.9 Å². The molecule has 0 spiro atoms. The minimum Gasteiger partial charge on any atom is -0.408 e. The van der Waals surface area contributed by atoms with Crippen LogP contribution in [0.1, 0.15) is 25.1 Å². The highest BCUT2D eigenvalue weighted by Gasteiger charge is 2.27. The lowest BCUT2D eigenvalue weighted by atomic mass is 10.1. The second-order valence-corrected chi connectivity index (χ2v) is 6.13. The number of nitrogens with zero attached hydrogens (tertiary/aromatic N) is 3. The highest BCUT2D eigenvalue weighted by molar-refractivity contribution is 5.77. The molecule has 0 unspecified atom stereocenters. The standard InChI is InChI=1S/C18H19N3O3/c1-13-14-6-4-9-19(14)11-12-20(13)17(22)8-10-21-15-5-2-3-7-16(15)24-18(21)23/h2-7,9,13H,8,10-12H2,1H3/t13-/m0/s1. The van der Waals surface area contributed by atoms with E-state index < -0.39 is 5.76 Å². The zero-order valence-corrected chi connectivity index (χ0v) is 13.5. The van der Waals surface area contributed by atoms with Gasteiger partial charge in [-0.25, -0.2) is 4.79 Å². The minimum atomic E-state index is -0.412. The summed E-state index contributed by atoms with van der Waals surface area (Å²) in [4.78, 5) is 26.5. The van der Waals surface area contributed by atoms with Crippen LogP contribution in [0.25, 0.3) is 11.1 Å². The van der Waals surface area contributed by atoms with E-state index in [0.717, 1.165) is 17.8 Å². The topological polar surface area (TPSA) is 60.4 Å². The highest BCUT2D eigenvalue weighted by atomic mass is 16.4. The van der Waals surface area contributed by atoms with Gasteiger partial charge in [0.15, 0.2) is 5.58 Å². The first-order valence-corrected chi connectivity index (χ1v) is 8.18. The van der Waals surface area contributed by atoms with Crippen molar-refractivity contribution in [3.63, 3.8) is 0 Å². The van der Waals surface area contributed by atoms with E-state index >= 15 is 0 Å². The fourth-order valence-electron chi connectivity index (χ4n) is 3.50. The molecule has 0 fully saturated rings. The number of fused-ring (bicyclic) bond motifs is 2. The number of aromatic nitrogens is 2. The van der Waals surface area contributed by atoms with Crippen LogP contribution in [0.4, 0.5) is 0 Å². The van der Waals surface area contributed by atoms with Gasteiger partial charge in [-0.1, -0.05) is 12.1 Å². The van der Waals surface area contributed by atoms with Crippen LogP contribution in [-0.4, -0.2) is 26.5 Å². The van der Waals surface area contributed by atoms with Crippen molar-refractivity contribution in [2.45, 2.75) is 32.5 Å². The zero-order chi connectivity index (χ0) is 16.7. The summed E-state index contributed by atoms with van der Waals surface area (Å²) in [6.45, 7) is 3.89. The van der Waals surface area contributed by atoms with Crippen molar-refractivity contribution < 1.29 is 9.21 Å². The highest BCUT2D eigenvalue weighted by Crippen LogP contribution is 2.26. The van der Waals surface area contributed by atoms with Crippen molar-refractivity contribution >= 4 is 17.0 Å². The molecule has 0 bridgehead atoms. The number of amides is 1. The summed E-state index contributed by atoms with van der Waals surface area (Å²) in [6.07, 6.45) is 2.33. The van der Waals surface area contributed by atoms with E-state index in [9.17, 15) is 9.59 Å². The molecule has 0 saturated carbocycles. The molecule has 24 heavy (non-hydrogen) atoms. The maximum absolute atomic E-state index is 12.7. The van der Waals surface area contributed by atoms with Crippen LogP contribution < -0.4 is 5.76 Å². The number of rotatable bonds is 3. The number of carbonyl (C=O) groups is 1. The van der Waals surface area contributed by atoms with Crippen LogP contribution in [0.2, 0.25) is 0 Å². The minimum absolute atomic E-state index is 0.0547. The van der Waals surface area contributed by atoms with Crippen molar-refractivity contribution in [1.82, 2.24) is 14.0 Å². The Labute approximate surface area is 138 Å². The van der Waals surface area contributed by atoms with Crippen molar-refractivity contribution in [3.05, 3.63) is 58.8 Å². The molecule has 1 aliphatic rings. The first kappa shape index (κ1) is 14.8. The van der Waals surface area contributed by atoms with Crippen molar-refractivity contribution in [2.24, 2.45) is 0 Å². The lowest BCUT2D eigenvalue weighted by molar-refractivity contribution is -0.134. The zero-order valence-electron chi connectivity index (χ0n) is 13.5. The number of hydrogen-bond donors (Lipinski definition) is 0. The van der Waals surface area contributed by atoms with Gasteiger partial charge in [0.05, 0.1) is 11.6 Å². The molecule has 6 heteroatoms. The molecule has 0 aliphatic carbocycles. The number of oxazole rings is 1. The monoisotopic (exact) mass is 325 g/mol. The molecule has 3 heterocycles. The molecular formula is C18H19N3O3. The van der Waals surface area contributed by atoms with E-state index in [1.807, 2.05) is 42.3 Å². The summed E-state index contributed by atoms with van der Waals surface area (Å²) in [5.41, 5.74) is 2.44. The third-order valence-corrected chi connectivity index (χ3v) is 4.79. The van der Waals surface area contributed by atoms with E-state index in [1.54, 1.807) is 6.07 Å². The van der Waals surface area contributed by atoms with Crippen LogP contribution in [-0.2, 0) is 17.9 Å².